The van der Waals surface area contributed by atoms with Crippen LogP contribution in [-0.4, -0.2) is 21.0 Å². The van der Waals surface area contributed by atoms with Gasteiger partial charge in [0.05, 0.1) is 11.3 Å². The number of hydrogen-bond acceptors (Lipinski definition) is 3. The summed E-state index contributed by atoms with van der Waals surface area (Å²) >= 11 is 0. The summed E-state index contributed by atoms with van der Waals surface area (Å²) in [4.78, 5) is 19.9. The van der Waals surface area contributed by atoms with Crippen LogP contribution in [0.5, 0.6) is 0 Å². The molecule has 0 aliphatic heterocycles. The molecule has 0 aliphatic rings. The van der Waals surface area contributed by atoms with Crippen LogP contribution in [-0.2, 0) is 0 Å². The van der Waals surface area contributed by atoms with E-state index in [1.54, 1.807) is 24.7 Å². The van der Waals surface area contributed by atoms with Crippen LogP contribution in [0.1, 0.15) is 15.9 Å². The third-order valence-corrected chi connectivity index (χ3v) is 3.42. The molecular weight excluding hydrogens is 331 g/mol. The Morgan fingerprint density at radius 2 is 1.79 bits per heavy atom. The van der Waals surface area contributed by atoms with Crippen LogP contribution in [0, 0.1) is 12.7 Å². The molecule has 0 saturated heterocycles. The van der Waals surface area contributed by atoms with Crippen molar-refractivity contribution in [1.29, 1.82) is 0 Å². The van der Waals surface area contributed by atoms with E-state index in [0.29, 0.717) is 11.1 Å². The fraction of sp³-hybridized carbons (Fsp3) is 0.0556. The predicted molar refractivity (Wildman–Crippen MR) is 91.8 cm³/mol. The summed E-state index contributed by atoms with van der Waals surface area (Å²) < 4.78 is 13.4. The van der Waals surface area contributed by atoms with E-state index in [1.165, 1.54) is 24.3 Å². The Balaban J connectivity index is 0.00000208. The Hall–Kier alpha value is -2.79. The van der Waals surface area contributed by atoms with E-state index in [4.69, 9.17) is 0 Å². The number of halogens is 2. The lowest BCUT2D eigenvalue weighted by Gasteiger charge is -2.09. The van der Waals surface area contributed by atoms with Gasteiger partial charge in [0.1, 0.15) is 5.82 Å². The topological polar surface area (TPSA) is 63.1 Å². The van der Waals surface area contributed by atoms with E-state index < -0.39 is 11.8 Å². The highest BCUT2D eigenvalue weighted by atomic mass is 35.5. The maximum absolute atomic E-state index is 13.4. The van der Waals surface area contributed by atoms with Crippen molar-refractivity contribution >= 4 is 18.4 Å². The smallest absolute Gasteiger partial charge is 0.337 e. The van der Waals surface area contributed by atoms with Gasteiger partial charge in [-0.3, -0.25) is 9.97 Å². The zero-order chi connectivity index (χ0) is 16.4. The highest BCUT2D eigenvalue weighted by Crippen LogP contribution is 2.27. The summed E-state index contributed by atoms with van der Waals surface area (Å²) in [5.41, 5.74) is 3.09. The van der Waals surface area contributed by atoms with Crippen LogP contribution in [0.25, 0.3) is 22.4 Å². The second-order valence-corrected chi connectivity index (χ2v) is 5.19. The molecule has 24 heavy (non-hydrogen) atoms. The summed E-state index contributed by atoms with van der Waals surface area (Å²) in [6, 6.07) is 9.16. The first-order chi connectivity index (χ1) is 11.0. The number of benzene rings is 1. The van der Waals surface area contributed by atoms with Gasteiger partial charge in [0.25, 0.3) is 0 Å². The molecule has 4 nitrogen and oxygen atoms in total. The van der Waals surface area contributed by atoms with Crippen LogP contribution in [0.15, 0.2) is 55.0 Å². The lowest BCUT2D eigenvalue weighted by atomic mass is 10.0. The van der Waals surface area contributed by atoms with Gasteiger partial charge < -0.3 is 5.11 Å². The molecule has 0 fully saturated rings. The Labute approximate surface area is 144 Å². The second kappa shape index (κ2) is 7.19. The van der Waals surface area contributed by atoms with Crippen molar-refractivity contribution in [2.24, 2.45) is 0 Å². The molecule has 2 aromatic heterocycles. The van der Waals surface area contributed by atoms with Crippen molar-refractivity contribution in [1.82, 2.24) is 9.97 Å². The minimum absolute atomic E-state index is 0. The van der Waals surface area contributed by atoms with Crippen LogP contribution < -0.4 is 0 Å². The Bertz CT molecular complexity index is 900. The molecule has 0 bridgehead atoms. The summed E-state index contributed by atoms with van der Waals surface area (Å²) in [6.07, 6.45) is 4.94. The van der Waals surface area contributed by atoms with Crippen molar-refractivity contribution in [2.45, 2.75) is 6.92 Å². The standard InChI is InChI=1S/C18H13FN2O2.ClH/c1-11-5-13(9-20-8-11)14-7-16(18(22)23)17(21-10-14)12-3-2-4-15(19)6-12;/h2-10H,1H3,(H,22,23);1H. The van der Waals surface area contributed by atoms with Gasteiger partial charge in [-0.25, -0.2) is 9.18 Å². The highest BCUT2D eigenvalue weighted by molar-refractivity contribution is 5.96. The average Bonchev–Trinajstić information content (AvgIpc) is 2.54. The number of hydrogen-bond donors (Lipinski definition) is 1. The van der Waals surface area contributed by atoms with Crippen LogP contribution in [0.4, 0.5) is 4.39 Å². The number of aromatic nitrogens is 2. The largest absolute Gasteiger partial charge is 0.478 e. The Morgan fingerprint density at radius 1 is 1.04 bits per heavy atom. The van der Waals surface area contributed by atoms with E-state index in [1.807, 2.05) is 13.0 Å². The molecule has 3 aromatic rings. The van der Waals surface area contributed by atoms with Crippen LogP contribution >= 0.6 is 12.4 Å². The van der Waals surface area contributed by atoms with Crippen molar-refractivity contribution in [3.8, 4) is 22.4 Å². The number of nitrogens with zero attached hydrogens (tertiary/aromatic N) is 2. The molecule has 0 amide bonds. The number of carboxylic acid groups (broad SMARTS) is 1. The van der Waals surface area contributed by atoms with Crippen LogP contribution in [0.2, 0.25) is 0 Å². The molecule has 0 unspecified atom stereocenters. The fourth-order valence-electron chi connectivity index (χ4n) is 2.36. The molecule has 2 heterocycles. The third-order valence-electron chi connectivity index (χ3n) is 3.42. The highest BCUT2D eigenvalue weighted by Gasteiger charge is 2.15. The molecule has 0 saturated carbocycles. The monoisotopic (exact) mass is 344 g/mol. The molecule has 0 radical (unpaired) electrons. The van der Waals surface area contributed by atoms with Gasteiger partial charge in [-0.1, -0.05) is 12.1 Å². The second-order valence-electron chi connectivity index (χ2n) is 5.19. The first kappa shape index (κ1) is 17.6. The van der Waals surface area contributed by atoms with Gasteiger partial charge in [0, 0.05) is 35.3 Å². The van der Waals surface area contributed by atoms with Gasteiger partial charge in [0.2, 0.25) is 0 Å². The molecule has 0 aliphatic carbocycles. The lowest BCUT2D eigenvalue weighted by molar-refractivity contribution is 0.0697. The maximum Gasteiger partial charge on any atom is 0.337 e. The predicted octanol–water partition coefficient (Wildman–Crippen LogP) is 4.38. The first-order valence-corrected chi connectivity index (χ1v) is 6.96. The summed E-state index contributed by atoms with van der Waals surface area (Å²) in [7, 11) is 0. The molecule has 3 rings (SSSR count). The molecule has 6 heteroatoms. The van der Waals surface area contributed by atoms with Crippen molar-refractivity contribution < 1.29 is 14.3 Å². The maximum atomic E-state index is 13.4. The fourth-order valence-corrected chi connectivity index (χ4v) is 2.36. The molecule has 122 valence electrons. The normalized spacial score (nSPS) is 10.1. The van der Waals surface area contributed by atoms with Gasteiger partial charge in [-0.2, -0.15) is 0 Å². The van der Waals surface area contributed by atoms with Crippen LogP contribution in [0.3, 0.4) is 0 Å². The number of carboxylic acids is 1. The summed E-state index contributed by atoms with van der Waals surface area (Å²) in [6.45, 7) is 1.91. The average molecular weight is 345 g/mol. The Kier molecular flexibility index (Phi) is 5.26. The van der Waals surface area contributed by atoms with E-state index in [9.17, 15) is 14.3 Å². The SMILES string of the molecule is Cc1cncc(-c2cnc(-c3cccc(F)c3)c(C(=O)O)c2)c1.Cl. The van der Waals surface area contributed by atoms with Gasteiger partial charge in [-0.15, -0.1) is 12.4 Å². The van der Waals surface area contributed by atoms with Crippen molar-refractivity contribution in [3.63, 3.8) is 0 Å². The van der Waals surface area contributed by atoms with Gasteiger partial charge in [-0.05, 0) is 36.8 Å². The zero-order valence-corrected chi connectivity index (χ0v) is 13.5. The number of rotatable bonds is 3. The molecule has 1 aromatic carbocycles. The van der Waals surface area contributed by atoms with E-state index in [0.717, 1.165) is 11.1 Å². The van der Waals surface area contributed by atoms with Crippen molar-refractivity contribution in [3.05, 3.63) is 71.9 Å². The molecule has 0 spiro atoms. The molecular formula is C18H14ClFN2O2. The van der Waals surface area contributed by atoms with E-state index in [-0.39, 0.29) is 23.7 Å². The minimum Gasteiger partial charge on any atom is -0.478 e. The van der Waals surface area contributed by atoms with E-state index in [2.05, 4.69) is 9.97 Å². The summed E-state index contributed by atoms with van der Waals surface area (Å²) in [5, 5.41) is 9.47. The number of pyridine rings is 2. The van der Waals surface area contributed by atoms with E-state index >= 15 is 0 Å². The van der Waals surface area contributed by atoms with Gasteiger partial charge >= 0.3 is 5.97 Å². The quantitative estimate of drug-likeness (QED) is 0.766. The number of aromatic carboxylic acids is 1. The zero-order valence-electron chi connectivity index (χ0n) is 12.7. The Morgan fingerprint density at radius 3 is 2.46 bits per heavy atom. The van der Waals surface area contributed by atoms with Crippen molar-refractivity contribution in [2.75, 3.05) is 0 Å². The number of aryl methyl sites for hydroxylation is 1. The lowest BCUT2D eigenvalue weighted by Crippen LogP contribution is -2.02. The third kappa shape index (κ3) is 3.58. The minimum atomic E-state index is -1.11. The number of carbonyl (C=O) groups is 1. The first-order valence-electron chi connectivity index (χ1n) is 6.96. The van der Waals surface area contributed by atoms with Gasteiger partial charge in [0.15, 0.2) is 0 Å². The molecule has 0 atom stereocenters. The summed E-state index contributed by atoms with van der Waals surface area (Å²) in [5.74, 6) is -1.55. The molecule has 1 N–H and O–H groups in total.